The van der Waals surface area contributed by atoms with Crippen LogP contribution in [-0.4, -0.2) is 64.2 Å². The first kappa shape index (κ1) is 15.6. The van der Waals surface area contributed by atoms with Crippen molar-refractivity contribution in [1.29, 1.82) is 0 Å². The van der Waals surface area contributed by atoms with Crippen LogP contribution in [0, 0.1) is 0 Å². The van der Waals surface area contributed by atoms with Gasteiger partial charge in [0, 0.05) is 25.7 Å². The van der Waals surface area contributed by atoms with Gasteiger partial charge in [-0.05, 0) is 19.9 Å². The third-order valence-corrected chi connectivity index (χ3v) is 4.20. The van der Waals surface area contributed by atoms with Gasteiger partial charge in [-0.1, -0.05) is 12.8 Å². The highest BCUT2D eigenvalue weighted by molar-refractivity contribution is 6.99. The van der Waals surface area contributed by atoms with Gasteiger partial charge in [0.05, 0.1) is 11.7 Å². The molecule has 114 valence electrons. The molecule has 1 aliphatic carbocycles. The molecule has 1 aromatic rings. The van der Waals surface area contributed by atoms with Gasteiger partial charge in [-0.25, -0.2) is 0 Å². The normalized spacial score (nSPS) is 17.8. The summed E-state index contributed by atoms with van der Waals surface area (Å²) in [5, 5.41) is 13.0. The van der Waals surface area contributed by atoms with Crippen LogP contribution in [0.2, 0.25) is 0 Å². The Labute approximate surface area is 124 Å². The lowest BCUT2D eigenvalue weighted by Crippen LogP contribution is -2.38. The van der Waals surface area contributed by atoms with E-state index in [0.717, 1.165) is 30.9 Å². The van der Waals surface area contributed by atoms with E-state index in [0.29, 0.717) is 12.4 Å². The summed E-state index contributed by atoms with van der Waals surface area (Å²) in [6.45, 7) is 2.70. The summed E-state index contributed by atoms with van der Waals surface area (Å²) < 4.78 is 13.1. The molecule has 0 aromatic carbocycles. The van der Waals surface area contributed by atoms with Gasteiger partial charge in [-0.3, -0.25) is 0 Å². The summed E-state index contributed by atoms with van der Waals surface area (Å²) in [6, 6.07) is 0.752. The van der Waals surface area contributed by atoms with Crippen LogP contribution in [0.5, 0.6) is 5.88 Å². The number of nitrogens with one attached hydrogen (secondary N) is 1. The summed E-state index contributed by atoms with van der Waals surface area (Å²) in [5.74, 6) is 0.481. The van der Waals surface area contributed by atoms with E-state index in [1.54, 1.807) is 6.20 Å². The molecule has 1 aliphatic rings. The lowest BCUT2D eigenvalue weighted by molar-refractivity contribution is 0.103. The average molecular weight is 300 g/mol. The smallest absolute Gasteiger partial charge is 0.245 e. The van der Waals surface area contributed by atoms with Crippen LogP contribution in [-0.2, 0) is 0 Å². The number of rotatable bonds is 9. The van der Waals surface area contributed by atoms with E-state index < -0.39 is 6.10 Å². The van der Waals surface area contributed by atoms with E-state index in [2.05, 4.69) is 26.0 Å². The average Bonchev–Trinajstić information content (AvgIpc) is 3.13. The molecule has 1 atom stereocenters. The van der Waals surface area contributed by atoms with E-state index >= 15 is 0 Å². The number of hydrogen-bond acceptors (Lipinski definition) is 7. The Bertz CT molecular complexity index is 357. The number of hydrogen-bond donors (Lipinski definition) is 2. The summed E-state index contributed by atoms with van der Waals surface area (Å²) in [6.07, 6.45) is 6.42. The molecule has 0 saturated heterocycles. The Morgan fingerprint density at radius 1 is 1.55 bits per heavy atom. The molecule has 0 aliphatic heterocycles. The van der Waals surface area contributed by atoms with Crippen molar-refractivity contribution in [2.75, 3.05) is 33.3 Å². The van der Waals surface area contributed by atoms with Gasteiger partial charge in [0.2, 0.25) is 5.88 Å². The molecular weight excluding hydrogens is 276 g/mol. The molecule has 0 radical (unpaired) electrons. The predicted octanol–water partition coefficient (Wildman–Crippen LogP) is 0.742. The van der Waals surface area contributed by atoms with Gasteiger partial charge in [0.15, 0.2) is 0 Å². The Morgan fingerprint density at radius 3 is 3.05 bits per heavy atom. The van der Waals surface area contributed by atoms with Gasteiger partial charge in [-0.15, -0.1) is 4.37 Å². The maximum absolute atomic E-state index is 9.78. The quantitative estimate of drug-likeness (QED) is 0.656. The maximum atomic E-state index is 9.78. The van der Waals surface area contributed by atoms with Crippen LogP contribution >= 0.6 is 11.7 Å². The molecular formula is C13H24N4O2S. The van der Waals surface area contributed by atoms with Crippen molar-refractivity contribution in [1.82, 2.24) is 19.0 Å². The number of likely N-dealkylation sites (N-methyl/N-ethyl adjacent to an activating group) is 1. The first-order chi connectivity index (χ1) is 9.75. The zero-order valence-electron chi connectivity index (χ0n) is 12.0. The number of aliphatic hydroxyl groups excluding tert-OH is 1. The number of ether oxygens (including phenoxy) is 1. The molecule has 1 unspecified atom stereocenters. The monoisotopic (exact) mass is 300 g/mol. The van der Waals surface area contributed by atoms with Crippen LogP contribution in [0.1, 0.15) is 25.7 Å². The number of aliphatic hydroxyl groups is 1. The van der Waals surface area contributed by atoms with Crippen molar-refractivity contribution in [3.8, 4) is 5.88 Å². The van der Waals surface area contributed by atoms with Gasteiger partial charge in [0.25, 0.3) is 0 Å². The SMILES string of the molecule is CN(CCNCC(O)COc1cnsn1)C1CCCC1. The van der Waals surface area contributed by atoms with E-state index in [-0.39, 0.29) is 6.61 Å². The molecule has 20 heavy (non-hydrogen) atoms. The van der Waals surface area contributed by atoms with Crippen LogP contribution in [0.15, 0.2) is 6.20 Å². The minimum atomic E-state index is -0.520. The Morgan fingerprint density at radius 2 is 2.35 bits per heavy atom. The molecule has 2 rings (SSSR count). The molecule has 6 nitrogen and oxygen atoms in total. The van der Waals surface area contributed by atoms with E-state index in [4.69, 9.17) is 4.74 Å². The van der Waals surface area contributed by atoms with Gasteiger partial charge in [-0.2, -0.15) is 4.37 Å². The zero-order valence-corrected chi connectivity index (χ0v) is 12.8. The minimum absolute atomic E-state index is 0.247. The van der Waals surface area contributed by atoms with E-state index in [9.17, 15) is 5.11 Å². The third-order valence-electron chi connectivity index (χ3n) is 3.73. The zero-order chi connectivity index (χ0) is 14.2. The predicted molar refractivity (Wildman–Crippen MR) is 79.2 cm³/mol. The lowest BCUT2D eigenvalue weighted by atomic mass is 10.2. The lowest BCUT2D eigenvalue weighted by Gasteiger charge is -2.24. The topological polar surface area (TPSA) is 70.5 Å². The second-order valence-corrected chi connectivity index (χ2v) is 5.89. The van der Waals surface area contributed by atoms with Crippen molar-refractivity contribution in [2.45, 2.75) is 37.8 Å². The van der Waals surface area contributed by atoms with Gasteiger partial charge in [0.1, 0.15) is 18.9 Å². The number of nitrogens with zero attached hydrogens (tertiary/aromatic N) is 3. The molecule has 1 saturated carbocycles. The van der Waals surface area contributed by atoms with Crippen LogP contribution in [0.4, 0.5) is 0 Å². The Kier molecular flexibility index (Phi) is 6.65. The highest BCUT2D eigenvalue weighted by Gasteiger charge is 2.18. The fraction of sp³-hybridized carbons (Fsp3) is 0.846. The molecule has 7 heteroatoms. The molecule has 0 spiro atoms. The van der Waals surface area contributed by atoms with Gasteiger partial charge < -0.3 is 20.1 Å². The standard InChI is InChI=1S/C13H24N4O2S/c1-17(11-4-2-3-5-11)7-6-14-8-12(18)10-19-13-9-15-20-16-13/h9,11-12,14,18H,2-8,10H2,1H3. The second-order valence-electron chi connectivity index (χ2n) is 5.33. The first-order valence-electron chi connectivity index (χ1n) is 7.25. The number of aromatic nitrogens is 2. The molecule has 0 amide bonds. The highest BCUT2D eigenvalue weighted by Crippen LogP contribution is 2.21. The Balaban J connectivity index is 1.49. The van der Waals surface area contributed by atoms with Crippen molar-refractivity contribution < 1.29 is 9.84 Å². The maximum Gasteiger partial charge on any atom is 0.245 e. The largest absolute Gasteiger partial charge is 0.473 e. The minimum Gasteiger partial charge on any atom is -0.473 e. The second kappa shape index (κ2) is 8.51. The van der Waals surface area contributed by atoms with Crippen molar-refractivity contribution in [3.63, 3.8) is 0 Å². The summed E-state index contributed by atoms with van der Waals surface area (Å²) in [5.41, 5.74) is 0. The molecule has 1 aromatic heterocycles. The Hall–Kier alpha value is -0.760. The summed E-state index contributed by atoms with van der Waals surface area (Å²) in [4.78, 5) is 2.42. The fourth-order valence-corrected chi connectivity index (χ4v) is 2.88. The highest BCUT2D eigenvalue weighted by atomic mass is 32.1. The van der Waals surface area contributed by atoms with Crippen molar-refractivity contribution >= 4 is 11.7 Å². The van der Waals surface area contributed by atoms with E-state index in [1.807, 2.05) is 0 Å². The third kappa shape index (κ3) is 5.32. The van der Waals surface area contributed by atoms with Gasteiger partial charge >= 0.3 is 0 Å². The van der Waals surface area contributed by atoms with Crippen LogP contribution in [0.3, 0.4) is 0 Å². The molecule has 1 heterocycles. The molecule has 0 bridgehead atoms. The van der Waals surface area contributed by atoms with Crippen LogP contribution in [0.25, 0.3) is 0 Å². The molecule has 1 fully saturated rings. The fourth-order valence-electron chi connectivity index (χ4n) is 2.51. The van der Waals surface area contributed by atoms with Crippen molar-refractivity contribution in [3.05, 3.63) is 6.20 Å². The van der Waals surface area contributed by atoms with Crippen LogP contribution < -0.4 is 10.1 Å². The summed E-state index contributed by atoms with van der Waals surface area (Å²) in [7, 11) is 2.19. The first-order valence-corrected chi connectivity index (χ1v) is 7.98. The van der Waals surface area contributed by atoms with Crippen molar-refractivity contribution in [2.24, 2.45) is 0 Å². The van der Waals surface area contributed by atoms with E-state index in [1.165, 1.54) is 25.7 Å². The summed E-state index contributed by atoms with van der Waals surface area (Å²) >= 11 is 1.10. The molecule has 2 N–H and O–H groups in total.